The van der Waals surface area contributed by atoms with Gasteiger partial charge in [-0.3, -0.25) is 0 Å². The molecule has 0 spiro atoms. The lowest BCUT2D eigenvalue weighted by molar-refractivity contribution is -0.141. The van der Waals surface area contributed by atoms with Crippen LogP contribution in [0.25, 0.3) is 5.69 Å². The predicted octanol–water partition coefficient (Wildman–Crippen LogP) is 2.52. The van der Waals surface area contributed by atoms with E-state index in [1.807, 2.05) is 0 Å². The van der Waals surface area contributed by atoms with Gasteiger partial charge < -0.3 is 5.73 Å². The Morgan fingerprint density at radius 2 is 2.00 bits per heavy atom. The van der Waals surface area contributed by atoms with Gasteiger partial charge >= 0.3 is 6.18 Å². The van der Waals surface area contributed by atoms with Crippen LogP contribution in [-0.4, -0.2) is 15.0 Å². The molecule has 0 aliphatic carbocycles. The second-order valence-corrected chi connectivity index (χ2v) is 3.69. The fourth-order valence-electron chi connectivity index (χ4n) is 1.25. The number of nitrogen functional groups attached to an aromatic ring is 1. The van der Waals surface area contributed by atoms with Crippen molar-refractivity contribution in [1.82, 2.24) is 15.0 Å². The molecule has 0 bridgehead atoms. The lowest BCUT2D eigenvalue weighted by atomic mass is 10.3. The van der Waals surface area contributed by atoms with Crippen LogP contribution >= 0.6 is 11.6 Å². The number of nitrogens with two attached hydrogens (primary N) is 1. The molecule has 0 fully saturated rings. The predicted molar refractivity (Wildman–Crippen MR) is 55.8 cm³/mol. The molecule has 0 unspecified atom stereocenters. The van der Waals surface area contributed by atoms with Gasteiger partial charge in [0.15, 0.2) is 5.69 Å². The molecule has 0 atom stereocenters. The Kier molecular flexibility index (Phi) is 2.70. The van der Waals surface area contributed by atoms with Gasteiger partial charge in [-0.1, -0.05) is 16.8 Å². The van der Waals surface area contributed by atoms with Crippen molar-refractivity contribution in [3.05, 3.63) is 35.1 Å². The molecule has 1 aromatic carbocycles. The molecule has 0 aliphatic rings. The van der Waals surface area contributed by atoms with Crippen LogP contribution in [0.1, 0.15) is 5.69 Å². The van der Waals surface area contributed by atoms with E-state index in [0.29, 0.717) is 5.02 Å². The molecule has 17 heavy (non-hydrogen) atoms. The second-order valence-electron chi connectivity index (χ2n) is 3.25. The first kappa shape index (κ1) is 11.7. The average molecular weight is 263 g/mol. The number of nitrogens with zero attached hydrogens (tertiary/aromatic N) is 3. The quantitative estimate of drug-likeness (QED) is 0.804. The summed E-state index contributed by atoms with van der Waals surface area (Å²) in [5.74, 6) is 0. The van der Waals surface area contributed by atoms with Crippen LogP contribution in [-0.2, 0) is 6.18 Å². The van der Waals surface area contributed by atoms with E-state index in [1.165, 1.54) is 18.2 Å². The summed E-state index contributed by atoms with van der Waals surface area (Å²) in [7, 11) is 0. The minimum atomic E-state index is -4.53. The molecular weight excluding hydrogens is 257 g/mol. The van der Waals surface area contributed by atoms with Crippen LogP contribution in [0.15, 0.2) is 24.4 Å². The first-order valence-electron chi connectivity index (χ1n) is 4.43. The van der Waals surface area contributed by atoms with Gasteiger partial charge in [-0.15, -0.1) is 5.10 Å². The summed E-state index contributed by atoms with van der Waals surface area (Å²) in [4.78, 5) is 0. The van der Waals surface area contributed by atoms with E-state index in [-0.39, 0.29) is 11.4 Å². The number of alkyl halides is 3. The number of aromatic nitrogens is 3. The third kappa shape index (κ3) is 2.33. The number of hydrogen-bond acceptors (Lipinski definition) is 3. The van der Waals surface area contributed by atoms with Crippen LogP contribution in [0, 0.1) is 0 Å². The Labute approximate surface area is 98.8 Å². The van der Waals surface area contributed by atoms with E-state index in [1.54, 1.807) is 0 Å². The third-order valence-corrected chi connectivity index (χ3v) is 2.26. The molecule has 90 valence electrons. The number of anilines is 1. The molecular formula is C9H6ClF3N4. The Morgan fingerprint density at radius 1 is 1.29 bits per heavy atom. The normalized spacial score (nSPS) is 11.8. The van der Waals surface area contributed by atoms with Crippen LogP contribution in [0.3, 0.4) is 0 Å². The number of halogens is 4. The zero-order valence-electron chi connectivity index (χ0n) is 8.24. The van der Waals surface area contributed by atoms with Gasteiger partial charge in [0.25, 0.3) is 0 Å². The third-order valence-electron chi connectivity index (χ3n) is 2.02. The Bertz CT molecular complexity index is 549. The van der Waals surface area contributed by atoms with Gasteiger partial charge in [0, 0.05) is 5.02 Å². The fraction of sp³-hybridized carbons (Fsp3) is 0.111. The zero-order valence-corrected chi connectivity index (χ0v) is 9.00. The summed E-state index contributed by atoms with van der Waals surface area (Å²) >= 11 is 5.68. The van der Waals surface area contributed by atoms with Crippen LogP contribution in [0.2, 0.25) is 5.02 Å². The van der Waals surface area contributed by atoms with E-state index >= 15 is 0 Å². The topological polar surface area (TPSA) is 56.7 Å². The molecule has 8 heteroatoms. The van der Waals surface area contributed by atoms with Crippen molar-refractivity contribution in [2.45, 2.75) is 6.18 Å². The lowest BCUT2D eigenvalue weighted by Crippen LogP contribution is -2.05. The van der Waals surface area contributed by atoms with Gasteiger partial charge in [0.1, 0.15) is 0 Å². The maximum Gasteiger partial charge on any atom is 0.436 e. The number of rotatable bonds is 1. The van der Waals surface area contributed by atoms with Crippen LogP contribution in [0.4, 0.5) is 18.9 Å². The maximum absolute atomic E-state index is 12.3. The minimum Gasteiger partial charge on any atom is -0.397 e. The fourth-order valence-corrected chi connectivity index (χ4v) is 1.43. The summed E-state index contributed by atoms with van der Waals surface area (Å²) in [5.41, 5.74) is 5.05. The Balaban J connectivity index is 2.44. The Morgan fingerprint density at radius 3 is 2.53 bits per heavy atom. The number of hydrogen-bond donors (Lipinski definition) is 1. The summed E-state index contributed by atoms with van der Waals surface area (Å²) in [5, 5.41) is 6.78. The second kappa shape index (κ2) is 3.92. The summed E-state index contributed by atoms with van der Waals surface area (Å²) in [6.45, 7) is 0. The molecule has 1 heterocycles. The largest absolute Gasteiger partial charge is 0.436 e. The summed E-state index contributed by atoms with van der Waals surface area (Å²) < 4.78 is 37.9. The molecule has 0 aliphatic heterocycles. The zero-order chi connectivity index (χ0) is 12.6. The first-order chi connectivity index (χ1) is 7.88. The smallest absolute Gasteiger partial charge is 0.397 e. The monoisotopic (exact) mass is 262 g/mol. The molecule has 0 amide bonds. The van der Waals surface area contributed by atoms with Gasteiger partial charge in [-0.25, -0.2) is 4.68 Å². The van der Waals surface area contributed by atoms with E-state index in [4.69, 9.17) is 17.3 Å². The highest BCUT2D eigenvalue weighted by molar-refractivity contribution is 6.30. The standard InChI is InChI=1S/C9H6ClF3N4/c10-5-1-2-7(6(14)3-5)17-4-8(15-16-17)9(11,12)13/h1-4H,14H2. The highest BCUT2D eigenvalue weighted by Crippen LogP contribution is 2.28. The first-order valence-corrected chi connectivity index (χ1v) is 4.80. The van der Waals surface area contributed by atoms with Crippen molar-refractivity contribution < 1.29 is 13.2 Å². The molecule has 2 N–H and O–H groups in total. The molecule has 0 saturated carbocycles. The maximum atomic E-state index is 12.3. The number of benzene rings is 1. The molecule has 2 aromatic rings. The SMILES string of the molecule is Nc1cc(Cl)ccc1-n1cc(C(F)(F)F)nn1. The van der Waals surface area contributed by atoms with Crippen molar-refractivity contribution in [3.63, 3.8) is 0 Å². The van der Waals surface area contributed by atoms with E-state index in [9.17, 15) is 13.2 Å². The highest BCUT2D eigenvalue weighted by Gasteiger charge is 2.34. The van der Waals surface area contributed by atoms with Crippen molar-refractivity contribution in [1.29, 1.82) is 0 Å². The van der Waals surface area contributed by atoms with Crippen molar-refractivity contribution >= 4 is 17.3 Å². The Hall–Kier alpha value is -1.76. The lowest BCUT2D eigenvalue weighted by Gasteiger charge is -2.04. The van der Waals surface area contributed by atoms with Crippen LogP contribution < -0.4 is 5.73 Å². The minimum absolute atomic E-state index is 0.219. The van der Waals surface area contributed by atoms with Gasteiger partial charge in [-0.2, -0.15) is 13.2 Å². The average Bonchev–Trinajstić information content (AvgIpc) is 2.65. The molecule has 4 nitrogen and oxygen atoms in total. The van der Waals surface area contributed by atoms with Crippen molar-refractivity contribution in [2.24, 2.45) is 0 Å². The molecule has 0 radical (unpaired) electrons. The van der Waals surface area contributed by atoms with Gasteiger partial charge in [0.05, 0.1) is 17.6 Å². The molecule has 0 saturated heterocycles. The van der Waals surface area contributed by atoms with E-state index in [2.05, 4.69) is 10.3 Å². The van der Waals surface area contributed by atoms with Crippen molar-refractivity contribution in [3.8, 4) is 5.69 Å². The van der Waals surface area contributed by atoms with Gasteiger partial charge in [0.2, 0.25) is 0 Å². The van der Waals surface area contributed by atoms with Crippen LogP contribution in [0.5, 0.6) is 0 Å². The summed E-state index contributed by atoms with van der Waals surface area (Å²) in [6.07, 6.45) is -3.76. The summed E-state index contributed by atoms with van der Waals surface area (Å²) in [6, 6.07) is 4.39. The molecule has 2 rings (SSSR count). The van der Waals surface area contributed by atoms with E-state index < -0.39 is 11.9 Å². The van der Waals surface area contributed by atoms with E-state index in [0.717, 1.165) is 10.9 Å². The van der Waals surface area contributed by atoms with Crippen molar-refractivity contribution in [2.75, 3.05) is 5.73 Å². The molecule has 1 aromatic heterocycles. The van der Waals surface area contributed by atoms with Gasteiger partial charge in [-0.05, 0) is 18.2 Å². The highest BCUT2D eigenvalue weighted by atomic mass is 35.5.